The number of hydrogen-bond donors (Lipinski definition) is 4. The molecule has 36 heavy (non-hydrogen) atoms. The molecular weight excluding hydrogens is 478 g/mol. The maximum atomic E-state index is 12.7. The van der Waals surface area contributed by atoms with Crippen LogP contribution >= 0.6 is 0 Å². The van der Waals surface area contributed by atoms with E-state index in [2.05, 4.69) is 9.97 Å². The monoisotopic (exact) mass is 497 g/mol. The normalized spacial score (nSPS) is 23.8. The van der Waals surface area contributed by atoms with Gasteiger partial charge in [0.15, 0.2) is 23.5 Å². The van der Waals surface area contributed by atoms with Crippen LogP contribution in [0.2, 0.25) is 0 Å². The Balaban J connectivity index is 1.50. The third kappa shape index (κ3) is 2.82. The zero-order valence-corrected chi connectivity index (χ0v) is 18.6. The van der Waals surface area contributed by atoms with Crippen LogP contribution in [0.25, 0.3) is 11.0 Å². The Kier molecular flexibility index (Phi) is 4.62. The lowest BCUT2D eigenvalue weighted by Crippen LogP contribution is -2.45. The van der Waals surface area contributed by atoms with Crippen LogP contribution in [0.4, 0.5) is 17.5 Å². The van der Waals surface area contributed by atoms with E-state index < -0.39 is 35.7 Å². The van der Waals surface area contributed by atoms with Crippen LogP contribution < -0.4 is 37.0 Å². The highest BCUT2D eigenvalue weighted by atomic mass is 16.7. The molecule has 1 fully saturated rings. The number of aromatic nitrogens is 2. The van der Waals surface area contributed by atoms with Gasteiger partial charge in [0, 0.05) is 12.5 Å². The summed E-state index contributed by atoms with van der Waals surface area (Å²) in [4.78, 5) is 56.3. The number of carbonyl (C=O) groups excluding carboxylic acids is 2. The second-order valence-corrected chi connectivity index (χ2v) is 8.59. The number of nitrogens with two attached hydrogens (primary N) is 2. The molecule has 1 aromatic carbocycles. The second-order valence-electron chi connectivity index (χ2n) is 8.59. The first-order valence-corrected chi connectivity index (χ1v) is 10.9. The van der Waals surface area contributed by atoms with Gasteiger partial charge in [0.05, 0.1) is 24.0 Å². The number of hydrogen-bond acceptors (Lipinski definition) is 12. The highest BCUT2D eigenvalue weighted by Gasteiger charge is 2.55. The van der Waals surface area contributed by atoms with E-state index in [1.165, 1.54) is 7.11 Å². The Morgan fingerprint density at radius 2 is 2.06 bits per heavy atom. The molecule has 4 atom stereocenters. The minimum absolute atomic E-state index is 0.0185. The van der Waals surface area contributed by atoms with Crippen LogP contribution in [0, 0.1) is 0 Å². The van der Waals surface area contributed by atoms with Crippen molar-refractivity contribution in [3.8, 4) is 11.5 Å². The van der Waals surface area contributed by atoms with Gasteiger partial charge in [-0.25, -0.2) is 4.79 Å². The first-order valence-electron chi connectivity index (χ1n) is 10.9. The van der Waals surface area contributed by atoms with E-state index in [4.69, 9.17) is 30.1 Å². The number of nitrogen functional groups attached to an aromatic ring is 2. The summed E-state index contributed by atoms with van der Waals surface area (Å²) in [6.45, 7) is 0. The molecule has 1 amide bonds. The number of carbonyl (C=O) groups is 2. The molecule has 3 aliphatic rings. The number of rotatable bonds is 4. The van der Waals surface area contributed by atoms with Crippen molar-refractivity contribution in [3.63, 3.8) is 0 Å². The van der Waals surface area contributed by atoms with Crippen molar-refractivity contribution in [1.82, 2.24) is 9.97 Å². The maximum absolute atomic E-state index is 12.7. The molecule has 1 aliphatic carbocycles. The molecule has 2 aromatic heterocycles. The van der Waals surface area contributed by atoms with E-state index in [1.807, 2.05) is 0 Å². The fourth-order valence-corrected chi connectivity index (χ4v) is 5.28. The van der Waals surface area contributed by atoms with Gasteiger partial charge < -0.3 is 35.2 Å². The number of aliphatic hydroxyl groups is 1. The smallest absolute Gasteiger partial charge is 0.347 e. The zero-order valence-electron chi connectivity index (χ0n) is 18.6. The number of nitrogens with zero attached hydrogens (tertiary/aromatic N) is 2. The van der Waals surface area contributed by atoms with E-state index in [1.54, 1.807) is 6.07 Å². The topological polar surface area (TPSA) is 213 Å². The standard InChI is InChI=1S/C22H19N5O9/c1-33-8-4-9-12(16-11(8)6-2-3-7(29)10(6)20(32)35-16)13-15(30)19(36-21(13)34-9)27(5-28)14-17(23)25-22(24)26-18(14)31/h4-5,13,15,19,21,30H,2-3H2,1H3,(H5,23,24,25,26,31)/t13-,15?,19?,21+/m1/s1. The number of methoxy groups -OCH3 is 1. The summed E-state index contributed by atoms with van der Waals surface area (Å²) >= 11 is 0. The van der Waals surface area contributed by atoms with Gasteiger partial charge in [0.2, 0.25) is 18.6 Å². The third-order valence-electron chi connectivity index (χ3n) is 6.74. The number of ketones is 1. The number of Topliss-reactive ketones (excluding diaryl/α,β-unsaturated/α-hetero) is 1. The van der Waals surface area contributed by atoms with Gasteiger partial charge in [0.1, 0.15) is 28.7 Å². The molecule has 6 N–H and O–H groups in total. The number of aromatic amines is 1. The van der Waals surface area contributed by atoms with Gasteiger partial charge >= 0.3 is 5.63 Å². The van der Waals surface area contributed by atoms with E-state index in [0.717, 1.165) is 4.90 Å². The summed E-state index contributed by atoms with van der Waals surface area (Å²) in [5, 5.41) is 11.7. The Hall–Kier alpha value is -4.43. The number of H-pyrrole nitrogens is 1. The predicted molar refractivity (Wildman–Crippen MR) is 122 cm³/mol. The zero-order chi connectivity index (χ0) is 25.5. The fourth-order valence-electron chi connectivity index (χ4n) is 5.28. The molecular formula is C22H19N5O9. The van der Waals surface area contributed by atoms with Crippen LogP contribution in [-0.2, 0) is 16.0 Å². The molecule has 0 radical (unpaired) electrons. The minimum Gasteiger partial charge on any atom is -0.496 e. The highest BCUT2D eigenvalue weighted by Crippen LogP contribution is 2.53. The molecule has 6 rings (SSSR count). The summed E-state index contributed by atoms with van der Waals surface area (Å²) < 4.78 is 22.8. The lowest BCUT2D eigenvalue weighted by molar-refractivity contribution is -0.114. The van der Waals surface area contributed by atoms with Crippen molar-refractivity contribution >= 4 is 40.6 Å². The Bertz CT molecular complexity index is 1600. The van der Waals surface area contributed by atoms with Crippen LogP contribution in [0.3, 0.4) is 0 Å². The summed E-state index contributed by atoms with van der Waals surface area (Å²) in [6.07, 6.45) is -3.21. The first-order chi connectivity index (χ1) is 17.2. The Morgan fingerprint density at radius 1 is 1.28 bits per heavy atom. The third-order valence-corrected chi connectivity index (χ3v) is 6.74. The Morgan fingerprint density at radius 3 is 2.75 bits per heavy atom. The quantitative estimate of drug-likeness (QED) is 0.262. The van der Waals surface area contributed by atoms with Crippen LogP contribution in [0.15, 0.2) is 20.1 Å². The largest absolute Gasteiger partial charge is 0.496 e. The van der Waals surface area contributed by atoms with Gasteiger partial charge in [-0.1, -0.05) is 0 Å². The van der Waals surface area contributed by atoms with E-state index in [-0.39, 0.29) is 53.0 Å². The van der Waals surface area contributed by atoms with Crippen LogP contribution in [0.1, 0.15) is 33.8 Å². The molecule has 0 saturated carbocycles. The molecule has 0 bridgehead atoms. The van der Waals surface area contributed by atoms with Gasteiger partial charge in [-0.3, -0.25) is 24.3 Å². The summed E-state index contributed by atoms with van der Waals surface area (Å²) in [5.74, 6) is -1.28. The average Bonchev–Trinajstić information content (AvgIpc) is 3.48. The van der Waals surface area contributed by atoms with Crippen molar-refractivity contribution in [2.24, 2.45) is 0 Å². The van der Waals surface area contributed by atoms with E-state index >= 15 is 0 Å². The molecule has 186 valence electrons. The molecule has 1 saturated heterocycles. The number of benzene rings is 1. The number of nitrogens with one attached hydrogen (secondary N) is 1. The van der Waals surface area contributed by atoms with Gasteiger partial charge in [-0.2, -0.15) is 4.98 Å². The average molecular weight is 497 g/mol. The number of amides is 1. The number of aliphatic hydroxyl groups excluding tert-OH is 1. The van der Waals surface area contributed by atoms with Gasteiger partial charge in [0.25, 0.3) is 5.56 Å². The number of ether oxygens (including phenoxy) is 3. The molecule has 14 heteroatoms. The van der Waals surface area contributed by atoms with Crippen molar-refractivity contribution < 1.29 is 33.3 Å². The molecule has 2 unspecified atom stereocenters. The van der Waals surface area contributed by atoms with Crippen LogP contribution in [-0.4, -0.2) is 53.0 Å². The molecule has 14 nitrogen and oxygen atoms in total. The van der Waals surface area contributed by atoms with Crippen molar-refractivity contribution in [1.29, 1.82) is 0 Å². The van der Waals surface area contributed by atoms with Crippen molar-refractivity contribution in [2.45, 2.75) is 37.4 Å². The first kappa shape index (κ1) is 22.1. The summed E-state index contributed by atoms with van der Waals surface area (Å²) in [7, 11) is 1.43. The van der Waals surface area contributed by atoms with Crippen molar-refractivity contribution in [3.05, 3.63) is 43.5 Å². The maximum Gasteiger partial charge on any atom is 0.347 e. The molecule has 0 spiro atoms. The minimum atomic E-state index is -1.45. The lowest BCUT2D eigenvalue weighted by Gasteiger charge is -2.27. The fraction of sp³-hybridized carbons (Fsp3) is 0.318. The summed E-state index contributed by atoms with van der Waals surface area (Å²) in [5.41, 5.74) is 10.2. The number of anilines is 3. The van der Waals surface area contributed by atoms with E-state index in [0.29, 0.717) is 28.7 Å². The highest BCUT2D eigenvalue weighted by molar-refractivity contribution is 6.06. The molecule has 2 aliphatic heterocycles. The van der Waals surface area contributed by atoms with Crippen LogP contribution in [0.5, 0.6) is 11.5 Å². The number of fused-ring (bicyclic) bond motifs is 7. The van der Waals surface area contributed by atoms with Crippen molar-refractivity contribution in [2.75, 3.05) is 23.5 Å². The summed E-state index contributed by atoms with van der Waals surface area (Å²) in [6, 6.07) is 1.56. The molecule has 4 heterocycles. The Labute approximate surface area is 200 Å². The predicted octanol–water partition coefficient (Wildman–Crippen LogP) is -0.639. The second kappa shape index (κ2) is 7.53. The lowest BCUT2D eigenvalue weighted by atomic mass is 9.91. The SMILES string of the molecule is COc1cc2c(c3oc(=O)c4c(c13)CCC4=O)[C@@H]1C(O)C(N(C=O)c3c(N)nc(N)[nH]c3=O)O[C@@H]1O2. The number of aryl methyl sites for hydroxylation is 1. The van der Waals surface area contributed by atoms with E-state index in [9.17, 15) is 24.3 Å². The van der Waals surface area contributed by atoms with Gasteiger partial charge in [-0.05, 0) is 12.0 Å². The van der Waals surface area contributed by atoms with Gasteiger partial charge in [-0.15, -0.1) is 0 Å². The molecule has 3 aromatic rings.